The van der Waals surface area contributed by atoms with Gasteiger partial charge in [0.15, 0.2) is 0 Å². The highest BCUT2D eigenvalue weighted by Crippen LogP contribution is 2.60. The lowest BCUT2D eigenvalue weighted by Gasteiger charge is -2.55. The van der Waals surface area contributed by atoms with Crippen molar-refractivity contribution in [2.75, 3.05) is 17.7 Å². The number of carbonyl (C=O) groups is 3. The molecule has 4 aliphatic carbocycles. The van der Waals surface area contributed by atoms with Gasteiger partial charge in [-0.05, 0) is 80.4 Å². The molecular formula is C24H34N4O3. The highest BCUT2D eigenvalue weighted by atomic mass is 16.2. The first-order valence-corrected chi connectivity index (χ1v) is 11.5. The second-order valence-electron chi connectivity index (χ2n) is 10.2. The monoisotopic (exact) mass is 426 g/mol. The molecule has 0 aliphatic heterocycles. The molecule has 1 atom stereocenters. The standard InChI is InChI=1S/C24H34N4O3/c1-14(2)20(21(29)26-18-5-4-6-19(10-18)27-23(31)25-3)28-22(30)24-11-15-7-16(12-24)9-17(8-15)13-24/h4-6,10,14-17,20H,7-9,11-13H2,1-3H3,(H,26,29)(H,28,30)(H2,25,27,31). The average molecular weight is 427 g/mol. The number of benzene rings is 1. The minimum Gasteiger partial charge on any atom is -0.344 e. The lowest BCUT2D eigenvalue weighted by Crippen LogP contribution is -2.57. The van der Waals surface area contributed by atoms with Crippen LogP contribution in [-0.4, -0.2) is 30.9 Å². The van der Waals surface area contributed by atoms with Crippen LogP contribution >= 0.6 is 0 Å². The Labute approximate surface area is 184 Å². The molecule has 7 heteroatoms. The first kappa shape index (κ1) is 21.7. The molecule has 4 aliphatic rings. The van der Waals surface area contributed by atoms with Crippen molar-refractivity contribution in [3.63, 3.8) is 0 Å². The molecule has 0 saturated heterocycles. The summed E-state index contributed by atoms with van der Waals surface area (Å²) in [6.07, 6.45) is 6.77. The van der Waals surface area contributed by atoms with E-state index in [2.05, 4.69) is 21.3 Å². The molecule has 4 amide bonds. The summed E-state index contributed by atoms with van der Waals surface area (Å²) in [5, 5.41) is 11.2. The summed E-state index contributed by atoms with van der Waals surface area (Å²) < 4.78 is 0. The summed E-state index contributed by atoms with van der Waals surface area (Å²) in [7, 11) is 1.54. The first-order valence-electron chi connectivity index (χ1n) is 11.5. The van der Waals surface area contributed by atoms with Crippen LogP contribution in [0.5, 0.6) is 0 Å². The van der Waals surface area contributed by atoms with Crippen LogP contribution in [0.1, 0.15) is 52.4 Å². The quantitative estimate of drug-likeness (QED) is 0.558. The molecule has 1 aromatic rings. The Balaban J connectivity index is 1.43. The van der Waals surface area contributed by atoms with Crippen LogP contribution in [0.15, 0.2) is 24.3 Å². The molecule has 7 nitrogen and oxygen atoms in total. The summed E-state index contributed by atoms with van der Waals surface area (Å²) in [6.45, 7) is 3.90. The highest BCUT2D eigenvalue weighted by molar-refractivity contribution is 5.99. The number of rotatable bonds is 6. The van der Waals surface area contributed by atoms with Crippen molar-refractivity contribution in [3.05, 3.63) is 24.3 Å². The van der Waals surface area contributed by atoms with Gasteiger partial charge in [-0.25, -0.2) is 4.79 Å². The Morgan fingerprint density at radius 1 is 0.935 bits per heavy atom. The fourth-order valence-electron chi connectivity index (χ4n) is 6.31. The molecule has 5 rings (SSSR count). The van der Waals surface area contributed by atoms with Crippen molar-refractivity contribution in [1.29, 1.82) is 0 Å². The van der Waals surface area contributed by atoms with Crippen molar-refractivity contribution < 1.29 is 14.4 Å². The number of nitrogens with one attached hydrogen (secondary N) is 4. The molecule has 4 bridgehead atoms. The molecular weight excluding hydrogens is 392 g/mol. The van der Waals surface area contributed by atoms with Gasteiger partial charge in [-0.3, -0.25) is 9.59 Å². The molecule has 31 heavy (non-hydrogen) atoms. The van der Waals surface area contributed by atoms with Crippen molar-refractivity contribution in [2.45, 2.75) is 58.4 Å². The van der Waals surface area contributed by atoms with Gasteiger partial charge in [0.25, 0.3) is 0 Å². The third-order valence-electron chi connectivity index (χ3n) is 7.37. The fraction of sp³-hybridized carbons (Fsp3) is 0.625. The summed E-state index contributed by atoms with van der Waals surface area (Å²) in [5.41, 5.74) is 0.879. The Hall–Kier alpha value is -2.57. The van der Waals surface area contributed by atoms with E-state index in [1.54, 1.807) is 31.3 Å². The molecule has 4 saturated carbocycles. The van der Waals surface area contributed by atoms with Crippen LogP contribution < -0.4 is 21.3 Å². The van der Waals surface area contributed by atoms with E-state index in [1.807, 2.05) is 13.8 Å². The Morgan fingerprint density at radius 2 is 1.48 bits per heavy atom. The molecule has 0 radical (unpaired) electrons. The molecule has 168 valence electrons. The van der Waals surface area contributed by atoms with E-state index in [-0.39, 0.29) is 29.2 Å². The normalized spacial score (nSPS) is 29.4. The van der Waals surface area contributed by atoms with Gasteiger partial charge in [-0.2, -0.15) is 0 Å². The zero-order valence-electron chi connectivity index (χ0n) is 18.7. The van der Waals surface area contributed by atoms with E-state index in [4.69, 9.17) is 0 Å². The third kappa shape index (κ3) is 4.55. The van der Waals surface area contributed by atoms with Crippen LogP contribution in [0.4, 0.5) is 16.2 Å². The summed E-state index contributed by atoms with van der Waals surface area (Å²) in [6, 6.07) is 6.05. The number of hydrogen-bond acceptors (Lipinski definition) is 3. The van der Waals surface area contributed by atoms with Crippen molar-refractivity contribution >= 4 is 29.2 Å². The number of anilines is 2. The van der Waals surface area contributed by atoms with E-state index in [0.717, 1.165) is 19.3 Å². The van der Waals surface area contributed by atoms with Gasteiger partial charge in [0, 0.05) is 23.8 Å². The number of carbonyl (C=O) groups excluding carboxylic acids is 3. The van der Waals surface area contributed by atoms with Crippen LogP contribution in [-0.2, 0) is 9.59 Å². The number of urea groups is 1. The van der Waals surface area contributed by atoms with Gasteiger partial charge >= 0.3 is 6.03 Å². The zero-order valence-corrected chi connectivity index (χ0v) is 18.7. The number of amides is 4. The molecule has 1 unspecified atom stereocenters. The van der Waals surface area contributed by atoms with E-state index in [9.17, 15) is 14.4 Å². The van der Waals surface area contributed by atoms with E-state index in [1.165, 1.54) is 19.3 Å². The van der Waals surface area contributed by atoms with Gasteiger partial charge in [0.05, 0.1) is 0 Å². The van der Waals surface area contributed by atoms with Gasteiger partial charge in [0.1, 0.15) is 6.04 Å². The topological polar surface area (TPSA) is 99.3 Å². The molecule has 4 N–H and O–H groups in total. The maximum absolute atomic E-state index is 13.4. The lowest BCUT2D eigenvalue weighted by molar-refractivity contribution is -0.148. The minimum absolute atomic E-state index is 0.0370. The van der Waals surface area contributed by atoms with Crippen molar-refractivity contribution in [3.8, 4) is 0 Å². The van der Waals surface area contributed by atoms with Gasteiger partial charge in [0.2, 0.25) is 11.8 Å². The predicted octanol–water partition coefficient (Wildman–Crippen LogP) is 3.73. The SMILES string of the molecule is CNC(=O)Nc1cccc(NC(=O)C(NC(=O)C23CC4CC(CC(C4)C2)C3)C(C)C)c1. The second-order valence-corrected chi connectivity index (χ2v) is 10.2. The molecule has 0 aromatic heterocycles. The number of hydrogen-bond donors (Lipinski definition) is 4. The third-order valence-corrected chi connectivity index (χ3v) is 7.37. The predicted molar refractivity (Wildman–Crippen MR) is 121 cm³/mol. The van der Waals surface area contributed by atoms with Crippen LogP contribution in [0, 0.1) is 29.1 Å². The van der Waals surface area contributed by atoms with E-state index < -0.39 is 6.04 Å². The Kier molecular flexibility index (Phi) is 5.95. The summed E-state index contributed by atoms with van der Waals surface area (Å²) >= 11 is 0. The second kappa shape index (κ2) is 8.52. The van der Waals surface area contributed by atoms with Gasteiger partial charge in [-0.15, -0.1) is 0 Å². The maximum Gasteiger partial charge on any atom is 0.318 e. The van der Waals surface area contributed by atoms with Crippen LogP contribution in [0.3, 0.4) is 0 Å². The molecule has 0 heterocycles. The maximum atomic E-state index is 13.4. The van der Waals surface area contributed by atoms with Gasteiger partial charge < -0.3 is 21.3 Å². The highest BCUT2D eigenvalue weighted by Gasteiger charge is 2.55. The van der Waals surface area contributed by atoms with Crippen LogP contribution in [0.2, 0.25) is 0 Å². The van der Waals surface area contributed by atoms with Crippen LogP contribution in [0.25, 0.3) is 0 Å². The Morgan fingerprint density at radius 3 is 2.00 bits per heavy atom. The average Bonchev–Trinajstić information content (AvgIpc) is 2.70. The minimum atomic E-state index is -0.601. The van der Waals surface area contributed by atoms with Gasteiger partial charge in [-0.1, -0.05) is 19.9 Å². The summed E-state index contributed by atoms with van der Waals surface area (Å²) in [5.74, 6) is 1.84. The smallest absolute Gasteiger partial charge is 0.318 e. The molecule has 4 fully saturated rings. The summed E-state index contributed by atoms with van der Waals surface area (Å²) in [4.78, 5) is 38.1. The van der Waals surface area contributed by atoms with E-state index in [0.29, 0.717) is 29.1 Å². The van der Waals surface area contributed by atoms with Crippen molar-refractivity contribution in [2.24, 2.45) is 29.1 Å². The Bertz CT molecular complexity index is 831. The zero-order chi connectivity index (χ0) is 22.2. The largest absolute Gasteiger partial charge is 0.344 e. The first-order chi connectivity index (χ1) is 14.8. The molecule has 0 spiro atoms. The van der Waals surface area contributed by atoms with E-state index >= 15 is 0 Å². The van der Waals surface area contributed by atoms with Crippen molar-refractivity contribution in [1.82, 2.24) is 10.6 Å². The fourth-order valence-corrected chi connectivity index (χ4v) is 6.31. The lowest BCUT2D eigenvalue weighted by atomic mass is 9.49. The molecule has 1 aromatic carbocycles.